The molecule has 2 aromatic heterocycles. The first-order valence-corrected chi connectivity index (χ1v) is 20.2. The zero-order chi connectivity index (χ0) is 42.7. The monoisotopic (exact) mass is 828 g/mol. The molecule has 16 heteroatoms. The molecule has 4 atom stereocenters. The Morgan fingerprint density at radius 2 is 1.30 bits per heavy atom. The Morgan fingerprint density at radius 3 is 1.89 bits per heavy atom. The van der Waals surface area contributed by atoms with Crippen LogP contribution in [0, 0.1) is 5.92 Å². The van der Waals surface area contributed by atoms with Crippen molar-refractivity contribution in [2.75, 3.05) is 40.5 Å². The second kappa shape index (κ2) is 17.4. The van der Waals surface area contributed by atoms with E-state index in [9.17, 15) is 19.2 Å². The van der Waals surface area contributed by atoms with Crippen LogP contribution in [-0.4, -0.2) is 106 Å². The average Bonchev–Trinajstić information content (AvgIpc) is 4.15. The molecule has 0 saturated carbocycles. The van der Waals surface area contributed by atoms with Crippen molar-refractivity contribution >= 4 is 24.0 Å². The third-order valence-corrected chi connectivity index (χ3v) is 11.4. The van der Waals surface area contributed by atoms with Crippen LogP contribution in [0.4, 0.5) is 9.59 Å². The number of alkyl carbamates (subject to hydrolysis) is 2. The summed E-state index contributed by atoms with van der Waals surface area (Å²) in [6, 6.07) is 22.7. The fourth-order valence-corrected chi connectivity index (χ4v) is 8.13. The van der Waals surface area contributed by atoms with E-state index in [1.165, 1.54) is 14.2 Å². The van der Waals surface area contributed by atoms with Crippen molar-refractivity contribution in [1.82, 2.24) is 40.4 Å². The molecule has 4 N–H and O–H groups in total. The number of ether oxygens (including phenoxy) is 4. The molecule has 0 radical (unpaired) electrons. The summed E-state index contributed by atoms with van der Waals surface area (Å²) in [4.78, 5) is 71.7. The van der Waals surface area contributed by atoms with Gasteiger partial charge >= 0.3 is 12.2 Å². The Labute approximate surface area is 352 Å². The van der Waals surface area contributed by atoms with Crippen LogP contribution in [0.2, 0.25) is 0 Å². The van der Waals surface area contributed by atoms with E-state index in [-0.39, 0.29) is 24.3 Å². The molecule has 5 heterocycles. The summed E-state index contributed by atoms with van der Waals surface area (Å²) in [5.41, 5.74) is 6.10. The van der Waals surface area contributed by atoms with Gasteiger partial charge < -0.3 is 49.3 Å². The average molecular weight is 829 g/mol. The Hall–Kier alpha value is -6.78. The van der Waals surface area contributed by atoms with Crippen molar-refractivity contribution in [3.05, 3.63) is 121 Å². The number of benzene rings is 3. The van der Waals surface area contributed by atoms with E-state index in [1.54, 1.807) is 34.3 Å². The van der Waals surface area contributed by atoms with Crippen molar-refractivity contribution in [3.8, 4) is 33.6 Å². The van der Waals surface area contributed by atoms with Crippen molar-refractivity contribution in [2.24, 2.45) is 5.92 Å². The molecule has 3 aliphatic heterocycles. The largest absolute Gasteiger partial charge is 0.453 e. The van der Waals surface area contributed by atoms with Gasteiger partial charge in [-0.2, -0.15) is 0 Å². The van der Waals surface area contributed by atoms with E-state index in [2.05, 4.69) is 25.6 Å². The summed E-state index contributed by atoms with van der Waals surface area (Å²) in [6.07, 6.45) is 6.36. The highest BCUT2D eigenvalue weighted by molar-refractivity contribution is 5.88. The van der Waals surface area contributed by atoms with Gasteiger partial charge in [-0.05, 0) is 33.7 Å². The second-order valence-corrected chi connectivity index (χ2v) is 15.5. The molecule has 3 aliphatic rings. The molecule has 3 aromatic carbocycles. The van der Waals surface area contributed by atoms with Crippen LogP contribution in [0.1, 0.15) is 55.6 Å². The van der Waals surface area contributed by atoms with E-state index < -0.39 is 42.1 Å². The Balaban J connectivity index is 0.948. The van der Waals surface area contributed by atoms with E-state index >= 15 is 0 Å². The number of nitrogens with zero attached hydrogens (tertiary/aromatic N) is 4. The lowest BCUT2D eigenvalue weighted by molar-refractivity contribution is -0.153. The summed E-state index contributed by atoms with van der Waals surface area (Å²) in [7, 11) is 2.53. The van der Waals surface area contributed by atoms with E-state index in [4.69, 9.17) is 23.9 Å². The number of rotatable bonds is 11. The predicted octanol–water partition coefficient (Wildman–Crippen LogP) is 6.07. The van der Waals surface area contributed by atoms with Gasteiger partial charge in [0.2, 0.25) is 5.91 Å². The minimum Gasteiger partial charge on any atom is -0.453 e. The molecule has 61 heavy (non-hydrogen) atoms. The smallest absolute Gasteiger partial charge is 0.407 e. The molecule has 16 nitrogen and oxygen atoms in total. The van der Waals surface area contributed by atoms with Crippen LogP contribution in [0.25, 0.3) is 33.6 Å². The van der Waals surface area contributed by atoms with Crippen LogP contribution in [0.15, 0.2) is 103 Å². The fourth-order valence-electron chi connectivity index (χ4n) is 8.13. The number of likely N-dealkylation sites (tertiary alicyclic amines) is 1. The lowest BCUT2D eigenvalue weighted by Crippen LogP contribution is -2.52. The minimum absolute atomic E-state index is 0.196. The molecular formula is C45H48N8O8. The Bertz CT molecular complexity index is 2390. The number of methoxy groups -OCH3 is 2. The first kappa shape index (κ1) is 41.0. The maximum atomic E-state index is 14.0. The molecule has 2 fully saturated rings. The molecule has 8 rings (SSSR count). The summed E-state index contributed by atoms with van der Waals surface area (Å²) in [5, 5.41) is 5.37. The maximum Gasteiger partial charge on any atom is 0.407 e. The number of aromatic nitrogens is 4. The number of imidazole rings is 2. The zero-order valence-corrected chi connectivity index (χ0v) is 34.3. The van der Waals surface area contributed by atoms with Gasteiger partial charge in [0, 0.05) is 13.0 Å². The van der Waals surface area contributed by atoms with Gasteiger partial charge in [0.15, 0.2) is 5.79 Å². The van der Waals surface area contributed by atoms with Gasteiger partial charge in [-0.25, -0.2) is 19.6 Å². The van der Waals surface area contributed by atoms with Gasteiger partial charge in [-0.3, -0.25) is 9.59 Å². The standard InChI is InChI=1S/C45H48N8O8/c1-27(2)37(50-43(56)58-3)41(54)53-26-45(60-21-22-61-45)23-36(53)40-47-25-34(49-40)31-18-14-29(15-19-31)28-12-16-30(17-13-28)33-24-46-39(48-33)35-11-8-20-52(35)42(55)38(51-44(57)59-4)32-9-6-5-7-10-32/h5-19,24-25,27,35-38H,20-23,26H2,1-4H3,(H,46,48)(H,47,49)(H,50,56)(H,51,57)/t35?,36?,37-,38-/m0/s1. The van der Waals surface area contributed by atoms with Crippen LogP contribution < -0.4 is 10.6 Å². The molecule has 2 saturated heterocycles. The molecule has 2 unspecified atom stereocenters. The summed E-state index contributed by atoms with van der Waals surface area (Å²) < 4.78 is 21.6. The number of aromatic amines is 2. The molecule has 316 valence electrons. The van der Waals surface area contributed by atoms with Gasteiger partial charge in [-0.1, -0.05) is 105 Å². The molecule has 0 aliphatic carbocycles. The van der Waals surface area contributed by atoms with Gasteiger partial charge in [0.25, 0.3) is 5.91 Å². The normalized spacial score (nSPS) is 19.0. The zero-order valence-electron chi connectivity index (χ0n) is 34.3. The number of H-pyrrole nitrogens is 2. The molecule has 4 amide bonds. The number of carbonyl (C=O) groups excluding carboxylic acids is 4. The van der Waals surface area contributed by atoms with Crippen LogP contribution >= 0.6 is 0 Å². The van der Waals surface area contributed by atoms with Crippen molar-refractivity contribution in [1.29, 1.82) is 0 Å². The van der Waals surface area contributed by atoms with Crippen molar-refractivity contribution in [3.63, 3.8) is 0 Å². The highest BCUT2D eigenvalue weighted by Gasteiger charge is 2.52. The summed E-state index contributed by atoms with van der Waals surface area (Å²) in [6.45, 7) is 5.17. The van der Waals surface area contributed by atoms with Crippen LogP contribution in [0.5, 0.6) is 0 Å². The minimum atomic E-state index is -0.940. The SMILES string of the molecule is COC(=O)N[C@H](C(=O)N1CC=CC1c1ncc(-c2ccc(-c3ccc(-c4cnc(C5CC6(CN5C(=O)[C@@H](NC(=O)OC)C(C)C)OCCO6)[nH]4)cc3)cc2)[nH]1)c1ccccc1. The predicted molar refractivity (Wildman–Crippen MR) is 223 cm³/mol. The number of amides is 4. The third kappa shape index (κ3) is 8.49. The van der Waals surface area contributed by atoms with Crippen molar-refractivity contribution < 1.29 is 38.1 Å². The quantitative estimate of drug-likeness (QED) is 0.114. The first-order chi connectivity index (χ1) is 29.6. The maximum absolute atomic E-state index is 14.0. The fraction of sp³-hybridized carbons (Fsp3) is 0.333. The molecule has 5 aromatic rings. The lowest BCUT2D eigenvalue weighted by Gasteiger charge is -2.30. The highest BCUT2D eigenvalue weighted by atomic mass is 16.7. The topological polar surface area (TPSA) is 193 Å². The highest BCUT2D eigenvalue weighted by Crippen LogP contribution is 2.43. The van der Waals surface area contributed by atoms with Crippen molar-refractivity contribution in [2.45, 2.75) is 50.2 Å². The first-order valence-electron chi connectivity index (χ1n) is 20.2. The third-order valence-electron chi connectivity index (χ3n) is 11.4. The molecule has 1 spiro atoms. The number of hydrogen-bond acceptors (Lipinski definition) is 10. The summed E-state index contributed by atoms with van der Waals surface area (Å²) >= 11 is 0. The van der Waals surface area contributed by atoms with E-state index in [1.807, 2.05) is 92.7 Å². The van der Waals surface area contributed by atoms with Crippen LogP contribution in [0.3, 0.4) is 0 Å². The van der Waals surface area contributed by atoms with E-state index in [0.29, 0.717) is 43.4 Å². The van der Waals surface area contributed by atoms with Gasteiger partial charge in [0.05, 0.1) is 63.8 Å². The number of carbonyl (C=O) groups is 4. The summed E-state index contributed by atoms with van der Waals surface area (Å²) in [5.74, 6) is -0.491. The Kier molecular flexibility index (Phi) is 11.7. The van der Waals surface area contributed by atoms with Gasteiger partial charge in [0.1, 0.15) is 29.8 Å². The van der Waals surface area contributed by atoms with E-state index in [0.717, 1.165) is 33.6 Å². The van der Waals surface area contributed by atoms with Gasteiger partial charge in [-0.15, -0.1) is 0 Å². The second-order valence-electron chi connectivity index (χ2n) is 15.5. The number of hydrogen-bond donors (Lipinski definition) is 4. The van der Waals surface area contributed by atoms with Crippen LogP contribution in [-0.2, 0) is 28.5 Å². The molecule has 0 bridgehead atoms. The Morgan fingerprint density at radius 1 is 0.738 bits per heavy atom. The lowest BCUT2D eigenvalue weighted by atomic mass is 10.0. The molecular weight excluding hydrogens is 781 g/mol. The number of nitrogens with one attached hydrogen (secondary N) is 4.